The van der Waals surface area contributed by atoms with Crippen LogP contribution in [-0.4, -0.2) is 25.5 Å². The summed E-state index contributed by atoms with van der Waals surface area (Å²) in [5.41, 5.74) is -0.216. The molecule has 1 aliphatic carbocycles. The molecule has 1 saturated carbocycles. The number of anilines is 1. The molecule has 1 unspecified atom stereocenters. The normalized spacial score (nSPS) is 14.9. The van der Waals surface area contributed by atoms with Crippen LogP contribution < -0.4 is 10.1 Å². The summed E-state index contributed by atoms with van der Waals surface area (Å²) in [5.74, 6) is 0.117. The molecule has 0 saturated heterocycles. The van der Waals surface area contributed by atoms with Gasteiger partial charge in [-0.1, -0.05) is 15.9 Å². The van der Waals surface area contributed by atoms with Crippen molar-refractivity contribution >= 4 is 43.5 Å². The number of ether oxygens (including phenoxy) is 1. The minimum atomic E-state index is -4.61. The molecule has 0 radical (unpaired) electrons. The first-order valence-electron chi connectivity index (χ1n) is 9.70. The smallest absolute Gasteiger partial charge is 0.436 e. The Balaban J connectivity index is 1.44. The Morgan fingerprint density at radius 3 is 2.59 bits per heavy atom. The minimum Gasteiger partial charge on any atom is -0.471 e. The fourth-order valence-electron chi connectivity index (χ4n) is 3.15. The van der Waals surface area contributed by atoms with Gasteiger partial charge < -0.3 is 10.1 Å². The number of nitrogens with zero attached hydrogens (tertiary/aromatic N) is 4. The lowest BCUT2D eigenvalue weighted by Crippen LogP contribution is -2.26. The summed E-state index contributed by atoms with van der Waals surface area (Å²) in [7, 11) is 0. The molecule has 0 aliphatic heterocycles. The molecule has 1 fully saturated rings. The van der Waals surface area contributed by atoms with Gasteiger partial charge in [0.05, 0.1) is 28.2 Å². The van der Waals surface area contributed by atoms with E-state index in [1.54, 1.807) is 18.3 Å². The minimum absolute atomic E-state index is 0.0401. The SMILES string of the molecule is CC(C(=O)Nc1cnn(COc2ccc(Br)cc2)c1)n1nc(C(F)(F)F)c(Br)c1C1CC1. The monoisotopic (exact) mass is 575 g/mol. The Hall–Kier alpha value is -2.34. The molecule has 4 rings (SSSR count). The number of nitrogens with one attached hydrogen (secondary N) is 1. The van der Waals surface area contributed by atoms with E-state index in [-0.39, 0.29) is 17.1 Å². The third-order valence-electron chi connectivity index (χ3n) is 4.94. The zero-order valence-corrected chi connectivity index (χ0v) is 19.9. The number of carbonyl (C=O) groups excluding carboxylic acids is 1. The van der Waals surface area contributed by atoms with Gasteiger partial charge in [0.2, 0.25) is 5.91 Å². The van der Waals surface area contributed by atoms with Crippen molar-refractivity contribution in [1.82, 2.24) is 19.6 Å². The van der Waals surface area contributed by atoms with Gasteiger partial charge in [-0.05, 0) is 60.0 Å². The summed E-state index contributed by atoms with van der Waals surface area (Å²) in [4.78, 5) is 12.8. The molecule has 0 spiro atoms. The molecule has 1 aliphatic rings. The van der Waals surface area contributed by atoms with E-state index < -0.39 is 23.8 Å². The highest BCUT2D eigenvalue weighted by molar-refractivity contribution is 9.10. The molecule has 170 valence electrons. The molecule has 1 amide bonds. The molecule has 2 aromatic heterocycles. The first-order valence-corrected chi connectivity index (χ1v) is 11.3. The first-order chi connectivity index (χ1) is 15.1. The zero-order valence-electron chi connectivity index (χ0n) is 16.7. The molecular formula is C20H18Br2F3N5O2. The third-order valence-corrected chi connectivity index (χ3v) is 6.25. The van der Waals surface area contributed by atoms with Crippen LogP contribution >= 0.6 is 31.9 Å². The molecule has 2 heterocycles. The van der Waals surface area contributed by atoms with E-state index in [1.165, 1.54) is 22.5 Å². The fraction of sp³-hybridized carbons (Fsp3) is 0.350. The van der Waals surface area contributed by atoms with Gasteiger partial charge in [0.25, 0.3) is 0 Å². The number of hydrogen-bond donors (Lipinski definition) is 1. The van der Waals surface area contributed by atoms with Gasteiger partial charge >= 0.3 is 6.18 Å². The Morgan fingerprint density at radius 1 is 1.28 bits per heavy atom. The van der Waals surface area contributed by atoms with Gasteiger partial charge in [-0.2, -0.15) is 23.4 Å². The molecule has 1 atom stereocenters. The zero-order chi connectivity index (χ0) is 23.0. The summed E-state index contributed by atoms with van der Waals surface area (Å²) in [6.07, 6.45) is -0.0645. The number of aromatic nitrogens is 4. The third kappa shape index (κ3) is 5.01. The number of alkyl halides is 3. The van der Waals surface area contributed by atoms with Crippen LogP contribution in [0.15, 0.2) is 45.6 Å². The van der Waals surface area contributed by atoms with Crippen molar-refractivity contribution in [3.8, 4) is 5.75 Å². The van der Waals surface area contributed by atoms with Crippen molar-refractivity contribution in [3.05, 3.63) is 57.0 Å². The molecular weight excluding hydrogens is 559 g/mol. The summed E-state index contributed by atoms with van der Waals surface area (Å²) < 4.78 is 49.1. The highest BCUT2D eigenvalue weighted by Gasteiger charge is 2.43. The van der Waals surface area contributed by atoms with Gasteiger partial charge in [0.15, 0.2) is 12.4 Å². The quantitative estimate of drug-likeness (QED) is 0.389. The van der Waals surface area contributed by atoms with E-state index in [2.05, 4.69) is 47.4 Å². The maximum atomic E-state index is 13.3. The number of halogens is 5. The van der Waals surface area contributed by atoms with Crippen molar-refractivity contribution < 1.29 is 22.7 Å². The Labute approximate surface area is 198 Å². The summed E-state index contributed by atoms with van der Waals surface area (Å²) in [6, 6.07) is 6.35. The van der Waals surface area contributed by atoms with Crippen LogP contribution in [0.2, 0.25) is 0 Å². The first kappa shape index (κ1) is 22.8. The number of hydrogen-bond acceptors (Lipinski definition) is 4. The van der Waals surface area contributed by atoms with E-state index in [9.17, 15) is 18.0 Å². The van der Waals surface area contributed by atoms with Crippen molar-refractivity contribution in [2.45, 2.75) is 44.6 Å². The van der Waals surface area contributed by atoms with Gasteiger partial charge in [-0.3, -0.25) is 9.48 Å². The summed E-state index contributed by atoms with van der Waals surface area (Å²) in [6.45, 7) is 1.64. The molecule has 0 bridgehead atoms. The fourth-order valence-corrected chi connectivity index (χ4v) is 4.23. The molecule has 3 aromatic rings. The van der Waals surface area contributed by atoms with Crippen molar-refractivity contribution in [2.75, 3.05) is 5.32 Å². The van der Waals surface area contributed by atoms with Crippen molar-refractivity contribution in [2.24, 2.45) is 0 Å². The van der Waals surface area contributed by atoms with Gasteiger partial charge in [-0.15, -0.1) is 0 Å². The highest BCUT2D eigenvalue weighted by Crippen LogP contribution is 2.47. The largest absolute Gasteiger partial charge is 0.471 e. The summed E-state index contributed by atoms with van der Waals surface area (Å²) in [5, 5.41) is 10.5. The van der Waals surface area contributed by atoms with Crippen LogP contribution in [0, 0.1) is 0 Å². The average molecular weight is 577 g/mol. The second kappa shape index (κ2) is 8.89. The number of amides is 1. The van der Waals surface area contributed by atoms with Crippen LogP contribution in [0.4, 0.5) is 18.9 Å². The predicted molar refractivity (Wildman–Crippen MR) is 117 cm³/mol. The van der Waals surface area contributed by atoms with E-state index >= 15 is 0 Å². The van der Waals surface area contributed by atoms with Crippen LogP contribution in [-0.2, 0) is 17.7 Å². The van der Waals surface area contributed by atoms with E-state index in [0.717, 1.165) is 17.3 Å². The lowest BCUT2D eigenvalue weighted by atomic mass is 10.2. The molecule has 7 nitrogen and oxygen atoms in total. The number of carbonyl (C=O) groups is 1. The topological polar surface area (TPSA) is 74.0 Å². The molecule has 1 aromatic carbocycles. The van der Waals surface area contributed by atoms with E-state index in [4.69, 9.17) is 4.74 Å². The Kier molecular flexibility index (Phi) is 6.35. The molecule has 32 heavy (non-hydrogen) atoms. The van der Waals surface area contributed by atoms with Gasteiger partial charge in [0.1, 0.15) is 11.8 Å². The van der Waals surface area contributed by atoms with Crippen LogP contribution in [0.3, 0.4) is 0 Å². The molecule has 1 N–H and O–H groups in total. The average Bonchev–Trinajstić information content (AvgIpc) is 3.36. The Bertz CT molecular complexity index is 1120. The van der Waals surface area contributed by atoms with Crippen LogP contribution in [0.5, 0.6) is 5.75 Å². The highest BCUT2D eigenvalue weighted by atomic mass is 79.9. The Morgan fingerprint density at radius 2 is 1.97 bits per heavy atom. The van der Waals surface area contributed by atoms with Gasteiger partial charge in [0, 0.05) is 10.4 Å². The van der Waals surface area contributed by atoms with E-state index in [1.807, 2.05) is 12.1 Å². The lowest BCUT2D eigenvalue weighted by Gasteiger charge is -2.15. The van der Waals surface area contributed by atoms with E-state index in [0.29, 0.717) is 17.1 Å². The van der Waals surface area contributed by atoms with Gasteiger partial charge in [-0.25, -0.2) is 4.68 Å². The maximum Gasteiger partial charge on any atom is 0.436 e. The number of benzene rings is 1. The second-order valence-electron chi connectivity index (χ2n) is 7.43. The van der Waals surface area contributed by atoms with Crippen molar-refractivity contribution in [1.29, 1.82) is 0 Å². The molecule has 12 heteroatoms. The van der Waals surface area contributed by atoms with Crippen molar-refractivity contribution in [3.63, 3.8) is 0 Å². The lowest BCUT2D eigenvalue weighted by molar-refractivity contribution is -0.142. The predicted octanol–water partition coefficient (Wildman–Crippen LogP) is 5.74. The maximum absolute atomic E-state index is 13.3. The van der Waals surface area contributed by atoms with Crippen LogP contribution in [0.25, 0.3) is 0 Å². The standard InChI is InChI=1S/C20H18Br2F3N5O2/c1-11(30-17(12-2-3-12)16(22)18(28-30)20(23,24)25)19(31)27-14-8-26-29(9-14)10-32-15-6-4-13(21)5-7-15/h4-9,11-12H,2-3,10H2,1H3,(H,27,31). The number of rotatable bonds is 7. The summed E-state index contributed by atoms with van der Waals surface area (Å²) >= 11 is 6.39. The second-order valence-corrected chi connectivity index (χ2v) is 9.13. The van der Waals surface area contributed by atoms with Crippen LogP contribution in [0.1, 0.15) is 43.1 Å².